The smallest absolute Gasteiger partial charge is 0.268 e. The summed E-state index contributed by atoms with van der Waals surface area (Å²) in [7, 11) is -4.02. The SMILES string of the molecule is CC.O=Cc1cn(S(=O)(=O)c2cccc(F)c2)c2cc(Br)ncc12. The van der Waals surface area contributed by atoms with Crippen molar-refractivity contribution in [3.8, 4) is 0 Å². The molecule has 0 atom stereocenters. The molecule has 0 aliphatic carbocycles. The summed E-state index contributed by atoms with van der Waals surface area (Å²) in [5.41, 5.74) is 0.475. The number of benzene rings is 1. The monoisotopic (exact) mass is 412 g/mol. The molecule has 8 heteroatoms. The average molecular weight is 413 g/mol. The van der Waals surface area contributed by atoms with Crippen LogP contribution in [-0.4, -0.2) is 23.7 Å². The van der Waals surface area contributed by atoms with E-state index < -0.39 is 15.8 Å². The molecule has 3 rings (SSSR count). The summed E-state index contributed by atoms with van der Waals surface area (Å²) in [4.78, 5) is 14.9. The molecule has 1 aromatic carbocycles. The molecule has 0 aliphatic heterocycles. The van der Waals surface area contributed by atoms with E-state index in [0.29, 0.717) is 16.3 Å². The van der Waals surface area contributed by atoms with Crippen LogP contribution in [0.3, 0.4) is 0 Å². The van der Waals surface area contributed by atoms with E-state index in [9.17, 15) is 17.6 Å². The Morgan fingerprint density at radius 3 is 2.58 bits per heavy atom. The summed E-state index contributed by atoms with van der Waals surface area (Å²) < 4.78 is 40.1. The second-order valence-electron chi connectivity index (χ2n) is 4.48. The highest BCUT2D eigenvalue weighted by molar-refractivity contribution is 9.10. The molecule has 0 unspecified atom stereocenters. The van der Waals surface area contributed by atoms with Crippen molar-refractivity contribution in [3.05, 3.63) is 58.7 Å². The number of hydrogen-bond donors (Lipinski definition) is 0. The Bertz CT molecular complexity index is 1000. The van der Waals surface area contributed by atoms with Gasteiger partial charge in [-0.3, -0.25) is 4.79 Å². The summed E-state index contributed by atoms with van der Waals surface area (Å²) >= 11 is 3.16. The van der Waals surface area contributed by atoms with Crippen LogP contribution in [0, 0.1) is 5.82 Å². The minimum atomic E-state index is -4.02. The standard InChI is InChI=1S/C14H8BrFN2O3S.C2H6/c15-14-5-13-12(6-17-14)9(8-19)7-18(13)22(20,21)11-3-1-2-10(16)4-11;1-2/h1-8H;1-2H3. The predicted molar refractivity (Wildman–Crippen MR) is 93.2 cm³/mol. The van der Waals surface area contributed by atoms with E-state index in [2.05, 4.69) is 20.9 Å². The lowest BCUT2D eigenvalue weighted by Crippen LogP contribution is -2.12. The number of carbonyl (C=O) groups is 1. The van der Waals surface area contributed by atoms with Crippen LogP contribution in [-0.2, 0) is 10.0 Å². The first kappa shape index (κ1) is 18.3. The van der Waals surface area contributed by atoms with Gasteiger partial charge in [0, 0.05) is 23.3 Å². The molecule has 5 nitrogen and oxygen atoms in total. The Hall–Kier alpha value is -2.06. The van der Waals surface area contributed by atoms with Crippen molar-refractivity contribution < 1.29 is 17.6 Å². The quantitative estimate of drug-likeness (QED) is 0.481. The van der Waals surface area contributed by atoms with E-state index in [1.54, 1.807) is 0 Å². The lowest BCUT2D eigenvalue weighted by atomic mass is 10.2. The van der Waals surface area contributed by atoms with Crippen LogP contribution < -0.4 is 0 Å². The van der Waals surface area contributed by atoms with E-state index in [4.69, 9.17) is 0 Å². The Kier molecular flexibility index (Phi) is 5.51. The van der Waals surface area contributed by atoms with Gasteiger partial charge in [0.1, 0.15) is 10.4 Å². The second-order valence-corrected chi connectivity index (χ2v) is 7.11. The summed E-state index contributed by atoms with van der Waals surface area (Å²) in [6.07, 6.45) is 3.16. The third kappa shape index (κ3) is 3.25. The van der Waals surface area contributed by atoms with E-state index in [1.165, 1.54) is 30.6 Å². The van der Waals surface area contributed by atoms with Crippen LogP contribution in [0.5, 0.6) is 0 Å². The molecule has 3 aromatic rings. The van der Waals surface area contributed by atoms with Crippen molar-refractivity contribution >= 4 is 43.1 Å². The van der Waals surface area contributed by atoms with Gasteiger partial charge in [0.25, 0.3) is 10.0 Å². The molecule has 0 amide bonds. The largest absolute Gasteiger partial charge is 0.298 e. The van der Waals surface area contributed by atoms with Gasteiger partial charge in [-0.05, 0) is 40.2 Å². The zero-order valence-electron chi connectivity index (χ0n) is 12.9. The van der Waals surface area contributed by atoms with E-state index in [1.807, 2.05) is 13.8 Å². The highest BCUT2D eigenvalue weighted by atomic mass is 79.9. The lowest BCUT2D eigenvalue weighted by Gasteiger charge is -2.07. The Balaban J connectivity index is 0.00000100. The minimum absolute atomic E-state index is 0.190. The van der Waals surface area contributed by atoms with Crippen LogP contribution in [0.25, 0.3) is 10.9 Å². The highest BCUT2D eigenvalue weighted by Gasteiger charge is 2.22. The van der Waals surface area contributed by atoms with E-state index >= 15 is 0 Å². The van der Waals surface area contributed by atoms with E-state index in [0.717, 1.165) is 16.1 Å². The van der Waals surface area contributed by atoms with Crippen LogP contribution in [0.15, 0.2) is 52.2 Å². The third-order valence-corrected chi connectivity index (χ3v) is 5.24. The number of fused-ring (bicyclic) bond motifs is 1. The fourth-order valence-corrected chi connectivity index (χ4v) is 3.84. The Morgan fingerprint density at radius 2 is 1.96 bits per heavy atom. The first-order chi connectivity index (χ1) is 11.4. The van der Waals surface area contributed by atoms with Gasteiger partial charge in [-0.15, -0.1) is 0 Å². The van der Waals surface area contributed by atoms with Gasteiger partial charge in [-0.25, -0.2) is 21.8 Å². The molecular formula is C16H14BrFN2O3S. The number of carbonyl (C=O) groups excluding carboxylic acids is 1. The molecule has 0 fully saturated rings. The zero-order valence-corrected chi connectivity index (χ0v) is 15.3. The van der Waals surface area contributed by atoms with Gasteiger partial charge in [0.05, 0.1) is 10.4 Å². The summed E-state index contributed by atoms with van der Waals surface area (Å²) in [6, 6.07) is 6.17. The van der Waals surface area contributed by atoms with Crippen molar-refractivity contribution in [1.29, 1.82) is 0 Å². The Morgan fingerprint density at radius 1 is 1.25 bits per heavy atom. The molecule has 2 aromatic heterocycles. The molecule has 0 spiro atoms. The van der Waals surface area contributed by atoms with Gasteiger partial charge >= 0.3 is 0 Å². The summed E-state index contributed by atoms with van der Waals surface area (Å²) in [5, 5.41) is 0.401. The maximum absolute atomic E-state index is 13.3. The molecule has 2 heterocycles. The summed E-state index contributed by atoms with van der Waals surface area (Å²) in [6.45, 7) is 4.00. The number of halogens is 2. The van der Waals surface area contributed by atoms with Crippen molar-refractivity contribution in [2.45, 2.75) is 18.7 Å². The molecule has 0 aliphatic rings. The van der Waals surface area contributed by atoms with E-state index in [-0.39, 0.29) is 16.0 Å². The van der Waals surface area contributed by atoms with Crippen molar-refractivity contribution in [1.82, 2.24) is 8.96 Å². The number of rotatable bonds is 3. The molecule has 0 radical (unpaired) electrons. The second kappa shape index (κ2) is 7.23. The van der Waals surface area contributed by atoms with Gasteiger partial charge in [-0.1, -0.05) is 19.9 Å². The van der Waals surface area contributed by atoms with Crippen molar-refractivity contribution in [2.24, 2.45) is 0 Å². The zero-order chi connectivity index (χ0) is 17.9. The maximum atomic E-state index is 13.3. The molecule has 0 N–H and O–H groups in total. The fourth-order valence-electron chi connectivity index (χ4n) is 2.12. The van der Waals surface area contributed by atoms with Crippen LogP contribution in [0.4, 0.5) is 4.39 Å². The molecule has 126 valence electrons. The first-order valence-electron chi connectivity index (χ1n) is 7.06. The van der Waals surface area contributed by atoms with Crippen molar-refractivity contribution in [2.75, 3.05) is 0 Å². The molecule has 0 bridgehead atoms. The number of hydrogen-bond acceptors (Lipinski definition) is 4. The molecule has 0 saturated heterocycles. The number of nitrogens with zero attached hydrogens (tertiary/aromatic N) is 2. The topological polar surface area (TPSA) is 69.0 Å². The first-order valence-corrected chi connectivity index (χ1v) is 9.30. The molecule has 24 heavy (non-hydrogen) atoms. The number of aromatic nitrogens is 2. The van der Waals surface area contributed by atoms with Gasteiger partial charge < -0.3 is 0 Å². The van der Waals surface area contributed by atoms with Crippen LogP contribution >= 0.6 is 15.9 Å². The maximum Gasteiger partial charge on any atom is 0.268 e. The fraction of sp³-hybridized carbons (Fsp3) is 0.125. The molecule has 0 saturated carbocycles. The number of aldehydes is 1. The highest BCUT2D eigenvalue weighted by Crippen LogP contribution is 2.26. The summed E-state index contributed by atoms with van der Waals surface area (Å²) in [5.74, 6) is -0.656. The Labute approximate surface area is 147 Å². The van der Waals surface area contributed by atoms with Gasteiger partial charge in [0.2, 0.25) is 0 Å². The van der Waals surface area contributed by atoms with Crippen LogP contribution in [0.1, 0.15) is 24.2 Å². The predicted octanol–water partition coefficient (Wildman–Crippen LogP) is 4.01. The third-order valence-electron chi connectivity index (χ3n) is 3.13. The molecular weight excluding hydrogens is 399 g/mol. The van der Waals surface area contributed by atoms with Gasteiger partial charge in [0.15, 0.2) is 6.29 Å². The number of pyridine rings is 1. The van der Waals surface area contributed by atoms with Crippen molar-refractivity contribution in [3.63, 3.8) is 0 Å². The van der Waals surface area contributed by atoms with Gasteiger partial charge in [-0.2, -0.15) is 0 Å². The normalized spacial score (nSPS) is 11.0. The lowest BCUT2D eigenvalue weighted by molar-refractivity contribution is 0.112. The van der Waals surface area contributed by atoms with Crippen LogP contribution in [0.2, 0.25) is 0 Å². The average Bonchev–Trinajstić information content (AvgIpc) is 2.95. The minimum Gasteiger partial charge on any atom is -0.298 e.